The van der Waals surface area contributed by atoms with E-state index in [1.165, 1.54) is 17.8 Å². The number of hydrogen-bond acceptors (Lipinski definition) is 5. The molecule has 1 atom stereocenters. The minimum Gasteiger partial charge on any atom is -0.293 e. The smallest absolute Gasteiger partial charge is 0.196 e. The highest BCUT2D eigenvalue weighted by Gasteiger charge is 2.25. The second kappa shape index (κ2) is 8.77. The average Bonchev–Trinajstić information content (AvgIpc) is 3.17. The standard InChI is InChI=1S/C23H18F2N4OS/c1-14-5-3-4-6-20(14)29-22(16-9-11-26-12-10-16)27-28-23(29)31-15(2)21(30)18-8-7-17(24)13-19(18)25/h3-13,15H,1-2H3. The summed E-state index contributed by atoms with van der Waals surface area (Å²) in [5.74, 6) is -1.45. The number of para-hydroxylation sites is 1. The highest BCUT2D eigenvalue weighted by atomic mass is 32.2. The molecule has 2 aromatic heterocycles. The zero-order valence-corrected chi connectivity index (χ0v) is 17.6. The molecule has 0 aliphatic heterocycles. The van der Waals surface area contributed by atoms with E-state index in [9.17, 15) is 13.6 Å². The first-order valence-corrected chi connectivity index (χ1v) is 10.4. The quantitative estimate of drug-likeness (QED) is 0.304. The number of ketones is 1. The molecule has 1 unspecified atom stereocenters. The normalized spacial score (nSPS) is 12.0. The monoisotopic (exact) mass is 436 g/mol. The van der Waals surface area contributed by atoms with E-state index in [0.29, 0.717) is 17.0 Å². The van der Waals surface area contributed by atoms with Gasteiger partial charge in [-0.3, -0.25) is 14.3 Å². The van der Waals surface area contributed by atoms with Crippen LogP contribution in [0.1, 0.15) is 22.8 Å². The van der Waals surface area contributed by atoms with Crippen LogP contribution < -0.4 is 0 Å². The molecule has 0 radical (unpaired) electrons. The maximum absolute atomic E-state index is 14.1. The first-order chi connectivity index (χ1) is 15.0. The largest absolute Gasteiger partial charge is 0.293 e. The molecule has 2 aromatic carbocycles. The molecule has 2 heterocycles. The molecule has 8 heteroatoms. The molecule has 0 bridgehead atoms. The van der Waals surface area contributed by atoms with Gasteiger partial charge in [0.05, 0.1) is 16.5 Å². The Morgan fingerprint density at radius 1 is 1.03 bits per heavy atom. The molecule has 0 fully saturated rings. The van der Waals surface area contributed by atoms with E-state index in [-0.39, 0.29) is 5.56 Å². The van der Waals surface area contributed by atoms with E-state index >= 15 is 0 Å². The van der Waals surface area contributed by atoms with Crippen molar-refractivity contribution in [1.29, 1.82) is 0 Å². The second-order valence-corrected chi connectivity index (χ2v) is 8.22. The Labute approximate surface area is 182 Å². The molecule has 4 rings (SSSR count). The summed E-state index contributed by atoms with van der Waals surface area (Å²) in [5.41, 5.74) is 2.54. The van der Waals surface area contributed by atoms with Gasteiger partial charge < -0.3 is 0 Å². The van der Waals surface area contributed by atoms with Gasteiger partial charge in [0.2, 0.25) is 0 Å². The topological polar surface area (TPSA) is 60.7 Å². The minimum absolute atomic E-state index is 0.155. The van der Waals surface area contributed by atoms with Crippen LogP contribution in [0.2, 0.25) is 0 Å². The SMILES string of the molecule is Cc1ccccc1-n1c(SC(C)C(=O)c2ccc(F)cc2F)nnc1-c1ccncc1. The van der Waals surface area contributed by atoms with Crippen LogP contribution in [-0.4, -0.2) is 30.8 Å². The molecule has 0 N–H and O–H groups in total. The Kier molecular flexibility index (Phi) is 5.90. The Hall–Kier alpha value is -3.39. The van der Waals surface area contributed by atoms with Gasteiger partial charge in [-0.25, -0.2) is 8.78 Å². The molecule has 0 saturated heterocycles. The number of hydrogen-bond donors (Lipinski definition) is 0. The predicted octanol–water partition coefficient (Wildman–Crippen LogP) is 5.28. The highest BCUT2D eigenvalue weighted by molar-refractivity contribution is 8.00. The molecule has 4 aromatic rings. The van der Waals surface area contributed by atoms with Crippen molar-refractivity contribution in [3.8, 4) is 17.1 Å². The van der Waals surface area contributed by atoms with E-state index in [1.807, 2.05) is 47.9 Å². The summed E-state index contributed by atoms with van der Waals surface area (Å²) in [6, 6.07) is 14.4. The van der Waals surface area contributed by atoms with E-state index < -0.39 is 22.7 Å². The zero-order chi connectivity index (χ0) is 22.0. The molecular formula is C23H18F2N4OS. The maximum Gasteiger partial charge on any atom is 0.196 e. The minimum atomic E-state index is -0.879. The summed E-state index contributed by atoms with van der Waals surface area (Å²) in [6.07, 6.45) is 3.34. The summed E-state index contributed by atoms with van der Waals surface area (Å²) in [5, 5.41) is 8.48. The summed E-state index contributed by atoms with van der Waals surface area (Å²) < 4.78 is 29.2. The third kappa shape index (κ3) is 4.25. The molecule has 0 saturated carbocycles. The van der Waals surface area contributed by atoms with Gasteiger partial charge in [-0.2, -0.15) is 0 Å². The summed E-state index contributed by atoms with van der Waals surface area (Å²) in [7, 11) is 0. The number of Topliss-reactive ketones (excluding diaryl/α,β-unsaturated/α-hetero) is 1. The van der Waals surface area contributed by atoms with Crippen molar-refractivity contribution >= 4 is 17.5 Å². The maximum atomic E-state index is 14.1. The molecule has 0 amide bonds. The van der Waals surface area contributed by atoms with Crippen molar-refractivity contribution in [3.05, 3.63) is 89.8 Å². The van der Waals surface area contributed by atoms with Crippen molar-refractivity contribution < 1.29 is 13.6 Å². The number of aromatic nitrogens is 4. The summed E-state index contributed by atoms with van der Waals surface area (Å²) in [6.45, 7) is 3.64. The predicted molar refractivity (Wildman–Crippen MR) is 115 cm³/mol. The molecule has 156 valence electrons. The highest BCUT2D eigenvalue weighted by Crippen LogP contribution is 2.32. The van der Waals surface area contributed by atoms with Gasteiger partial charge in [0.25, 0.3) is 0 Å². The van der Waals surface area contributed by atoms with Crippen LogP contribution in [0, 0.1) is 18.6 Å². The van der Waals surface area contributed by atoms with Gasteiger partial charge in [0, 0.05) is 24.0 Å². The second-order valence-electron chi connectivity index (χ2n) is 6.91. The Balaban J connectivity index is 1.74. The first kappa shape index (κ1) is 20.9. The Morgan fingerprint density at radius 2 is 1.77 bits per heavy atom. The van der Waals surface area contributed by atoms with Crippen molar-refractivity contribution in [3.63, 3.8) is 0 Å². The van der Waals surface area contributed by atoms with E-state index in [4.69, 9.17) is 0 Å². The van der Waals surface area contributed by atoms with Crippen molar-refractivity contribution in [1.82, 2.24) is 19.7 Å². The first-order valence-electron chi connectivity index (χ1n) is 9.53. The average molecular weight is 436 g/mol. The number of nitrogens with zero attached hydrogens (tertiary/aromatic N) is 4. The fourth-order valence-corrected chi connectivity index (χ4v) is 4.11. The van der Waals surface area contributed by atoms with Gasteiger partial charge >= 0.3 is 0 Å². The third-order valence-corrected chi connectivity index (χ3v) is 5.82. The lowest BCUT2D eigenvalue weighted by Crippen LogP contribution is -2.16. The van der Waals surface area contributed by atoms with Crippen LogP contribution in [0.25, 0.3) is 17.1 Å². The van der Waals surface area contributed by atoms with Crippen LogP contribution in [0.15, 0.2) is 72.1 Å². The number of rotatable bonds is 6. The van der Waals surface area contributed by atoms with Crippen LogP contribution in [0.4, 0.5) is 8.78 Å². The lowest BCUT2D eigenvalue weighted by molar-refractivity contribution is 0.0990. The fraction of sp³-hybridized carbons (Fsp3) is 0.130. The van der Waals surface area contributed by atoms with Gasteiger partial charge in [-0.05, 0) is 49.7 Å². The van der Waals surface area contributed by atoms with Crippen molar-refractivity contribution in [2.45, 2.75) is 24.3 Å². The summed E-state index contributed by atoms with van der Waals surface area (Å²) >= 11 is 1.17. The fourth-order valence-electron chi connectivity index (χ4n) is 3.19. The van der Waals surface area contributed by atoms with Gasteiger partial charge in [-0.1, -0.05) is 30.0 Å². The van der Waals surface area contributed by atoms with E-state index in [0.717, 1.165) is 22.9 Å². The van der Waals surface area contributed by atoms with Crippen molar-refractivity contribution in [2.24, 2.45) is 0 Å². The molecule has 31 heavy (non-hydrogen) atoms. The molecular weight excluding hydrogens is 418 g/mol. The number of carbonyl (C=O) groups is 1. The number of pyridine rings is 1. The lowest BCUT2D eigenvalue weighted by atomic mass is 10.1. The lowest BCUT2D eigenvalue weighted by Gasteiger charge is -2.15. The van der Waals surface area contributed by atoms with Crippen LogP contribution in [0.5, 0.6) is 0 Å². The number of thioether (sulfide) groups is 1. The number of halogens is 2. The Morgan fingerprint density at radius 3 is 2.48 bits per heavy atom. The van der Waals surface area contributed by atoms with E-state index in [2.05, 4.69) is 15.2 Å². The van der Waals surface area contributed by atoms with Gasteiger partial charge in [-0.15, -0.1) is 10.2 Å². The van der Waals surface area contributed by atoms with Gasteiger partial charge in [0.15, 0.2) is 16.8 Å². The summed E-state index contributed by atoms with van der Waals surface area (Å²) in [4.78, 5) is 16.9. The molecule has 0 aliphatic carbocycles. The third-order valence-electron chi connectivity index (χ3n) is 4.78. The zero-order valence-electron chi connectivity index (χ0n) is 16.8. The number of carbonyl (C=O) groups excluding carboxylic acids is 1. The number of benzene rings is 2. The van der Waals surface area contributed by atoms with Crippen LogP contribution in [-0.2, 0) is 0 Å². The van der Waals surface area contributed by atoms with E-state index in [1.54, 1.807) is 19.3 Å². The molecule has 5 nitrogen and oxygen atoms in total. The number of aryl methyl sites for hydroxylation is 1. The van der Waals surface area contributed by atoms with Crippen LogP contribution in [0.3, 0.4) is 0 Å². The molecule has 0 spiro atoms. The van der Waals surface area contributed by atoms with Gasteiger partial charge in [0.1, 0.15) is 11.6 Å². The Bertz CT molecular complexity index is 1240. The van der Waals surface area contributed by atoms with Crippen molar-refractivity contribution in [2.75, 3.05) is 0 Å². The molecule has 0 aliphatic rings. The van der Waals surface area contributed by atoms with Crippen LogP contribution >= 0.6 is 11.8 Å².